The van der Waals surface area contributed by atoms with Crippen molar-refractivity contribution in [2.75, 3.05) is 0 Å². The van der Waals surface area contributed by atoms with E-state index in [1.165, 1.54) is 0 Å². The first-order valence-electron chi connectivity index (χ1n) is 5.92. The molecule has 13 heteroatoms. The average molecular weight is 394 g/mol. The molecular formula is C12H6F12O. The van der Waals surface area contributed by atoms with Gasteiger partial charge in [-0.15, -0.1) is 0 Å². The summed E-state index contributed by atoms with van der Waals surface area (Å²) in [5.74, 6) is -30.4. The van der Waals surface area contributed by atoms with Gasteiger partial charge in [-0.2, -0.15) is 48.3 Å². The summed E-state index contributed by atoms with van der Waals surface area (Å²) in [6.45, 7) is 0. The molecule has 0 aliphatic carbocycles. The molecule has 1 aromatic carbocycles. The van der Waals surface area contributed by atoms with Gasteiger partial charge in [-0.1, -0.05) is 12.1 Å². The molecule has 0 aromatic heterocycles. The molecule has 1 nitrogen and oxygen atoms in total. The van der Waals surface area contributed by atoms with E-state index in [4.69, 9.17) is 5.11 Å². The van der Waals surface area contributed by atoms with E-state index in [0.29, 0.717) is 18.2 Å². The Labute approximate surface area is 130 Å². The second-order valence-corrected chi connectivity index (χ2v) is 4.80. The fraction of sp³-hybridized carbons (Fsp3) is 0.500. The van der Waals surface area contributed by atoms with Crippen molar-refractivity contribution in [3.63, 3.8) is 0 Å². The van der Waals surface area contributed by atoms with Gasteiger partial charge in [0.1, 0.15) is 11.9 Å². The lowest BCUT2D eigenvalue weighted by Crippen LogP contribution is -2.67. The predicted octanol–water partition coefficient (Wildman–Crippen LogP) is 4.96. The van der Waals surface area contributed by atoms with Gasteiger partial charge in [-0.3, -0.25) is 0 Å². The molecule has 0 aliphatic heterocycles. The highest BCUT2D eigenvalue weighted by atomic mass is 19.4. The topological polar surface area (TPSA) is 20.2 Å². The molecule has 1 N–H and O–H groups in total. The Balaban J connectivity index is 3.43. The van der Waals surface area contributed by atoms with Crippen LogP contribution in [0.15, 0.2) is 24.3 Å². The van der Waals surface area contributed by atoms with Gasteiger partial charge in [0.25, 0.3) is 0 Å². The van der Waals surface area contributed by atoms with Crippen molar-refractivity contribution in [1.82, 2.24) is 0 Å². The van der Waals surface area contributed by atoms with E-state index in [-0.39, 0.29) is 6.07 Å². The molecular weight excluding hydrogens is 388 g/mol. The second kappa shape index (κ2) is 5.95. The molecule has 1 aromatic rings. The summed E-state index contributed by atoms with van der Waals surface area (Å²) in [6, 6.07) is 1.47. The SMILES string of the molecule is OC(c1cccc(F)c1)C(F)(F)C(F)(F)C(F)(F)C(F)(F)C(F)(F)F. The van der Waals surface area contributed by atoms with Crippen molar-refractivity contribution >= 4 is 0 Å². The van der Waals surface area contributed by atoms with E-state index < -0.39 is 47.4 Å². The van der Waals surface area contributed by atoms with Crippen LogP contribution in [0.3, 0.4) is 0 Å². The summed E-state index contributed by atoms with van der Waals surface area (Å²) in [7, 11) is 0. The zero-order valence-electron chi connectivity index (χ0n) is 11.4. The van der Waals surface area contributed by atoms with E-state index in [0.717, 1.165) is 0 Å². The highest BCUT2D eigenvalue weighted by molar-refractivity contribution is 5.23. The first-order valence-corrected chi connectivity index (χ1v) is 5.92. The number of hydrogen-bond donors (Lipinski definition) is 1. The largest absolute Gasteiger partial charge is 0.460 e. The molecule has 144 valence electrons. The van der Waals surface area contributed by atoms with Crippen LogP contribution >= 0.6 is 0 Å². The van der Waals surface area contributed by atoms with Crippen molar-refractivity contribution in [2.24, 2.45) is 0 Å². The summed E-state index contributed by atoms with van der Waals surface area (Å²) < 4.78 is 154. The Hall–Kier alpha value is -1.66. The average Bonchev–Trinajstić information content (AvgIpc) is 2.44. The number of aliphatic hydroxyl groups is 1. The monoisotopic (exact) mass is 394 g/mol. The zero-order chi connectivity index (χ0) is 20.1. The molecule has 1 rings (SSSR count). The Morgan fingerprint density at radius 2 is 1.20 bits per heavy atom. The van der Waals surface area contributed by atoms with Crippen LogP contribution in [0.2, 0.25) is 0 Å². The predicted molar refractivity (Wildman–Crippen MR) is 57.2 cm³/mol. The molecule has 25 heavy (non-hydrogen) atoms. The van der Waals surface area contributed by atoms with Crippen LogP contribution in [0.1, 0.15) is 11.7 Å². The lowest BCUT2D eigenvalue weighted by Gasteiger charge is -2.38. The van der Waals surface area contributed by atoms with Crippen molar-refractivity contribution < 1.29 is 57.8 Å². The molecule has 0 spiro atoms. The molecule has 0 amide bonds. The normalized spacial score (nSPS) is 16.0. The minimum atomic E-state index is -7.63. The van der Waals surface area contributed by atoms with Gasteiger partial charge in [0, 0.05) is 0 Å². The van der Waals surface area contributed by atoms with Gasteiger partial charge in [-0.25, -0.2) is 4.39 Å². The van der Waals surface area contributed by atoms with Gasteiger partial charge in [-0.05, 0) is 17.7 Å². The summed E-state index contributed by atoms with van der Waals surface area (Å²) in [5.41, 5.74) is -1.45. The lowest BCUT2D eigenvalue weighted by molar-refractivity contribution is -0.429. The quantitative estimate of drug-likeness (QED) is 0.700. The van der Waals surface area contributed by atoms with Crippen molar-refractivity contribution in [1.29, 1.82) is 0 Å². The molecule has 1 unspecified atom stereocenters. The molecule has 0 fully saturated rings. The number of alkyl halides is 11. The molecule has 0 saturated carbocycles. The van der Waals surface area contributed by atoms with Crippen LogP contribution in [-0.4, -0.2) is 35.0 Å². The lowest BCUT2D eigenvalue weighted by atomic mass is 9.91. The Kier molecular flexibility index (Phi) is 5.09. The number of rotatable bonds is 5. The third-order valence-corrected chi connectivity index (χ3v) is 3.07. The van der Waals surface area contributed by atoms with Crippen LogP contribution in [0.4, 0.5) is 52.7 Å². The third kappa shape index (κ3) is 3.13. The molecule has 0 radical (unpaired) electrons. The van der Waals surface area contributed by atoms with Crippen molar-refractivity contribution in [3.8, 4) is 0 Å². The van der Waals surface area contributed by atoms with E-state index in [1.807, 2.05) is 0 Å². The minimum absolute atomic E-state index is 0.0191. The Bertz CT molecular complexity index is 621. The molecule has 0 bridgehead atoms. The van der Waals surface area contributed by atoms with Crippen LogP contribution in [0.5, 0.6) is 0 Å². The van der Waals surface area contributed by atoms with E-state index in [2.05, 4.69) is 0 Å². The van der Waals surface area contributed by atoms with Gasteiger partial charge in [0.15, 0.2) is 0 Å². The van der Waals surface area contributed by atoms with Crippen LogP contribution in [0, 0.1) is 5.82 Å². The third-order valence-electron chi connectivity index (χ3n) is 3.07. The minimum Gasteiger partial charge on any atom is -0.382 e. The van der Waals surface area contributed by atoms with Crippen molar-refractivity contribution in [3.05, 3.63) is 35.6 Å². The fourth-order valence-corrected chi connectivity index (χ4v) is 1.64. The van der Waals surface area contributed by atoms with Crippen LogP contribution in [-0.2, 0) is 0 Å². The zero-order valence-corrected chi connectivity index (χ0v) is 11.4. The standard InChI is InChI=1S/C12H6F12O/c13-6-3-1-2-5(4-6)7(25)8(14,15)9(16,17)10(18,19)11(20,21)12(22,23)24/h1-4,7,25H. The molecule has 0 aliphatic rings. The Morgan fingerprint density at radius 3 is 1.60 bits per heavy atom. The maximum atomic E-state index is 13.5. The molecule has 0 heterocycles. The maximum Gasteiger partial charge on any atom is 0.460 e. The van der Waals surface area contributed by atoms with Gasteiger partial charge < -0.3 is 5.11 Å². The molecule has 1 atom stereocenters. The van der Waals surface area contributed by atoms with E-state index in [1.54, 1.807) is 0 Å². The highest BCUT2D eigenvalue weighted by Gasteiger charge is 2.88. The van der Waals surface area contributed by atoms with Gasteiger partial charge >= 0.3 is 29.9 Å². The first-order chi connectivity index (χ1) is 10.9. The van der Waals surface area contributed by atoms with Crippen LogP contribution < -0.4 is 0 Å². The molecule has 0 saturated heterocycles. The van der Waals surface area contributed by atoms with E-state index in [9.17, 15) is 52.7 Å². The fourth-order valence-electron chi connectivity index (χ4n) is 1.64. The maximum absolute atomic E-state index is 13.5. The van der Waals surface area contributed by atoms with Gasteiger partial charge in [0.2, 0.25) is 0 Å². The smallest absolute Gasteiger partial charge is 0.382 e. The summed E-state index contributed by atoms with van der Waals surface area (Å²) in [6.07, 6.45) is -11.3. The summed E-state index contributed by atoms with van der Waals surface area (Å²) in [5, 5.41) is 9.08. The first kappa shape index (κ1) is 21.4. The number of halogens is 12. The number of benzene rings is 1. The number of hydrogen-bond acceptors (Lipinski definition) is 1. The van der Waals surface area contributed by atoms with Crippen LogP contribution in [0.25, 0.3) is 0 Å². The van der Waals surface area contributed by atoms with Gasteiger partial charge in [0.05, 0.1) is 0 Å². The van der Waals surface area contributed by atoms with E-state index >= 15 is 0 Å². The summed E-state index contributed by atoms with van der Waals surface area (Å²) >= 11 is 0. The Morgan fingerprint density at radius 1 is 0.720 bits per heavy atom. The highest BCUT2D eigenvalue weighted by Crippen LogP contribution is 2.59. The summed E-state index contributed by atoms with van der Waals surface area (Å²) in [4.78, 5) is 0. The second-order valence-electron chi connectivity index (χ2n) is 4.80. The van der Waals surface area contributed by atoms with Crippen molar-refractivity contribution in [2.45, 2.75) is 36.0 Å². The number of aliphatic hydroxyl groups excluding tert-OH is 1.